The van der Waals surface area contributed by atoms with Crippen LogP contribution in [-0.2, 0) is 9.53 Å². The lowest BCUT2D eigenvalue weighted by atomic mass is 10.2. The summed E-state index contributed by atoms with van der Waals surface area (Å²) in [5, 5.41) is 6.18. The first kappa shape index (κ1) is 20.0. The van der Waals surface area contributed by atoms with E-state index in [-0.39, 0.29) is 18.4 Å². The maximum atomic E-state index is 12.0. The fourth-order valence-corrected chi connectivity index (χ4v) is 2.50. The summed E-state index contributed by atoms with van der Waals surface area (Å²) < 4.78 is 10.3. The number of hydrogen-bond acceptors (Lipinski definition) is 4. The van der Waals surface area contributed by atoms with Crippen molar-refractivity contribution in [3.05, 3.63) is 58.1 Å². The van der Waals surface area contributed by atoms with Crippen LogP contribution in [0.2, 0.25) is 10.0 Å². The van der Waals surface area contributed by atoms with Gasteiger partial charge in [0.1, 0.15) is 5.75 Å². The summed E-state index contributed by atoms with van der Waals surface area (Å²) >= 11 is 11.8. The van der Waals surface area contributed by atoms with Crippen LogP contribution < -0.4 is 15.4 Å². The minimum atomic E-state index is -0.382. The topological polar surface area (TPSA) is 76.7 Å². The van der Waals surface area contributed by atoms with Crippen LogP contribution >= 0.6 is 23.2 Å². The predicted octanol–water partition coefficient (Wildman–Crippen LogP) is 3.39. The number of carbonyl (C=O) groups is 2. The van der Waals surface area contributed by atoms with Gasteiger partial charge in [0.15, 0.2) is 6.61 Å². The molecule has 0 unspecified atom stereocenters. The molecular formula is C18H18Cl2N2O4. The lowest BCUT2D eigenvalue weighted by molar-refractivity contribution is -0.118. The molecule has 138 valence electrons. The first-order chi connectivity index (χ1) is 12.5. The highest BCUT2D eigenvalue weighted by molar-refractivity contribution is 6.35. The second kappa shape index (κ2) is 10.0. The zero-order chi connectivity index (χ0) is 18.9. The zero-order valence-electron chi connectivity index (χ0n) is 14.1. The van der Waals surface area contributed by atoms with Gasteiger partial charge in [-0.2, -0.15) is 0 Å². The lowest BCUT2D eigenvalue weighted by Crippen LogP contribution is -2.27. The molecule has 0 radical (unpaired) electrons. The van der Waals surface area contributed by atoms with Gasteiger partial charge in [-0.15, -0.1) is 0 Å². The van der Waals surface area contributed by atoms with Crippen molar-refractivity contribution >= 4 is 40.7 Å². The van der Waals surface area contributed by atoms with Crippen molar-refractivity contribution in [1.29, 1.82) is 0 Å². The summed E-state index contributed by atoms with van der Waals surface area (Å²) in [5.41, 5.74) is 0.917. The van der Waals surface area contributed by atoms with Crippen LogP contribution in [0.1, 0.15) is 10.4 Å². The van der Waals surface area contributed by atoms with E-state index in [0.29, 0.717) is 40.2 Å². The van der Waals surface area contributed by atoms with Crippen LogP contribution in [-0.4, -0.2) is 38.7 Å². The van der Waals surface area contributed by atoms with Gasteiger partial charge in [-0.3, -0.25) is 9.59 Å². The highest BCUT2D eigenvalue weighted by Gasteiger charge is 2.09. The van der Waals surface area contributed by atoms with E-state index in [1.54, 1.807) is 43.5 Å². The van der Waals surface area contributed by atoms with E-state index < -0.39 is 0 Å². The second-order valence-electron chi connectivity index (χ2n) is 5.24. The van der Waals surface area contributed by atoms with E-state index >= 15 is 0 Å². The number of carbonyl (C=O) groups excluding carboxylic acids is 2. The minimum Gasteiger partial charge on any atom is -0.482 e. The molecule has 2 aromatic rings. The fourth-order valence-electron chi connectivity index (χ4n) is 2.04. The molecule has 0 saturated heterocycles. The van der Waals surface area contributed by atoms with Crippen molar-refractivity contribution in [2.24, 2.45) is 0 Å². The molecule has 0 atom stereocenters. The quantitative estimate of drug-likeness (QED) is 0.670. The van der Waals surface area contributed by atoms with Crippen LogP contribution in [0.25, 0.3) is 0 Å². The normalized spacial score (nSPS) is 10.3. The number of nitrogens with one attached hydrogen (secondary N) is 2. The van der Waals surface area contributed by atoms with Gasteiger partial charge < -0.3 is 20.1 Å². The minimum absolute atomic E-state index is 0.231. The molecule has 2 N–H and O–H groups in total. The van der Waals surface area contributed by atoms with E-state index in [4.69, 9.17) is 32.7 Å². The van der Waals surface area contributed by atoms with Crippen LogP contribution in [0.4, 0.5) is 5.69 Å². The van der Waals surface area contributed by atoms with Crippen molar-refractivity contribution in [1.82, 2.24) is 5.32 Å². The Kier molecular flexibility index (Phi) is 7.72. The molecule has 0 aliphatic carbocycles. The Labute approximate surface area is 161 Å². The molecule has 2 amide bonds. The Balaban J connectivity index is 1.90. The lowest BCUT2D eigenvalue weighted by Gasteiger charge is -2.10. The zero-order valence-corrected chi connectivity index (χ0v) is 15.6. The van der Waals surface area contributed by atoms with Crippen LogP contribution in [0, 0.1) is 0 Å². The molecule has 0 heterocycles. The molecule has 2 rings (SSSR count). The number of halogens is 2. The highest BCUT2D eigenvalue weighted by atomic mass is 35.5. The van der Waals surface area contributed by atoms with E-state index in [0.717, 1.165) is 0 Å². The fraction of sp³-hybridized carbons (Fsp3) is 0.222. The van der Waals surface area contributed by atoms with Gasteiger partial charge in [-0.25, -0.2) is 0 Å². The average Bonchev–Trinajstić information content (AvgIpc) is 2.61. The van der Waals surface area contributed by atoms with E-state index in [1.165, 1.54) is 6.07 Å². The van der Waals surface area contributed by atoms with Gasteiger partial charge in [0.05, 0.1) is 11.6 Å². The average molecular weight is 397 g/mol. The summed E-state index contributed by atoms with van der Waals surface area (Å²) in [6.45, 7) is 0.597. The Morgan fingerprint density at radius 1 is 1.12 bits per heavy atom. The Morgan fingerprint density at radius 2 is 1.92 bits per heavy atom. The van der Waals surface area contributed by atoms with Crippen LogP contribution in [0.3, 0.4) is 0 Å². The Hall–Kier alpha value is -2.28. The second-order valence-corrected chi connectivity index (χ2v) is 6.08. The molecule has 0 saturated carbocycles. The summed E-state index contributed by atoms with van der Waals surface area (Å²) in [6, 6.07) is 11.3. The smallest absolute Gasteiger partial charge is 0.262 e. The first-order valence-corrected chi connectivity index (χ1v) is 8.50. The molecule has 0 bridgehead atoms. The van der Waals surface area contributed by atoms with E-state index in [2.05, 4.69) is 10.6 Å². The molecular weight excluding hydrogens is 379 g/mol. The third-order valence-electron chi connectivity index (χ3n) is 3.25. The number of benzene rings is 2. The molecule has 6 nitrogen and oxygen atoms in total. The first-order valence-electron chi connectivity index (χ1n) is 7.74. The van der Waals surface area contributed by atoms with Crippen molar-refractivity contribution in [2.45, 2.75) is 0 Å². The third kappa shape index (κ3) is 6.22. The van der Waals surface area contributed by atoms with Gasteiger partial charge in [0.2, 0.25) is 0 Å². The molecule has 0 aromatic heterocycles. The van der Waals surface area contributed by atoms with Crippen molar-refractivity contribution < 1.29 is 19.1 Å². The maximum Gasteiger partial charge on any atom is 0.262 e. The molecule has 0 spiro atoms. The van der Waals surface area contributed by atoms with Gasteiger partial charge >= 0.3 is 0 Å². The molecule has 0 aliphatic rings. The summed E-state index contributed by atoms with van der Waals surface area (Å²) in [6.07, 6.45) is 0. The standard InChI is InChI=1S/C18H18Cl2N2O4/c1-25-8-7-21-18(24)12-3-2-4-14(9-12)22-17(23)11-26-16-6-5-13(19)10-15(16)20/h2-6,9-10H,7-8,11H2,1H3,(H,21,24)(H,22,23). The van der Waals surface area contributed by atoms with E-state index in [9.17, 15) is 9.59 Å². The van der Waals surface area contributed by atoms with Crippen LogP contribution in [0.15, 0.2) is 42.5 Å². The number of rotatable bonds is 8. The summed E-state index contributed by atoms with van der Waals surface area (Å²) in [7, 11) is 1.56. The predicted molar refractivity (Wildman–Crippen MR) is 101 cm³/mol. The Bertz CT molecular complexity index is 784. The third-order valence-corrected chi connectivity index (χ3v) is 3.78. The number of hydrogen-bond donors (Lipinski definition) is 2. The Morgan fingerprint density at radius 3 is 2.65 bits per heavy atom. The van der Waals surface area contributed by atoms with Crippen molar-refractivity contribution in [3.8, 4) is 5.75 Å². The highest BCUT2D eigenvalue weighted by Crippen LogP contribution is 2.27. The van der Waals surface area contributed by atoms with Gasteiger partial charge in [0, 0.05) is 29.9 Å². The van der Waals surface area contributed by atoms with Gasteiger partial charge in [0.25, 0.3) is 11.8 Å². The summed E-state index contributed by atoms with van der Waals surface area (Å²) in [4.78, 5) is 24.0. The summed E-state index contributed by atoms with van der Waals surface area (Å²) in [5.74, 6) is -0.271. The van der Waals surface area contributed by atoms with Crippen molar-refractivity contribution in [2.75, 3.05) is 32.2 Å². The number of ether oxygens (including phenoxy) is 2. The number of methoxy groups -OCH3 is 1. The molecule has 26 heavy (non-hydrogen) atoms. The maximum absolute atomic E-state index is 12.0. The largest absolute Gasteiger partial charge is 0.482 e. The molecule has 0 fully saturated rings. The number of amides is 2. The van der Waals surface area contributed by atoms with Crippen LogP contribution in [0.5, 0.6) is 5.75 Å². The van der Waals surface area contributed by atoms with E-state index in [1.807, 2.05) is 0 Å². The SMILES string of the molecule is COCCNC(=O)c1cccc(NC(=O)COc2ccc(Cl)cc2Cl)c1. The molecule has 2 aromatic carbocycles. The molecule has 8 heteroatoms. The van der Waals surface area contributed by atoms with Gasteiger partial charge in [-0.1, -0.05) is 29.3 Å². The number of anilines is 1. The molecule has 0 aliphatic heterocycles. The van der Waals surface area contributed by atoms with Gasteiger partial charge in [-0.05, 0) is 36.4 Å². The monoisotopic (exact) mass is 396 g/mol. The van der Waals surface area contributed by atoms with Crippen molar-refractivity contribution in [3.63, 3.8) is 0 Å².